The molecule has 116 valence electrons. The molecule has 2 heterocycles. The topological polar surface area (TPSA) is 58.1 Å². The van der Waals surface area contributed by atoms with Crippen molar-refractivity contribution in [3.05, 3.63) is 65.9 Å². The second-order valence-electron chi connectivity index (χ2n) is 5.03. The molecule has 0 atom stereocenters. The highest BCUT2D eigenvalue weighted by Crippen LogP contribution is 2.24. The van der Waals surface area contributed by atoms with E-state index in [0.29, 0.717) is 6.54 Å². The second-order valence-corrected chi connectivity index (χ2v) is 5.92. The molecule has 1 aromatic carbocycles. The number of aromatic nitrogens is 2. The maximum absolute atomic E-state index is 12.3. The lowest BCUT2D eigenvalue weighted by molar-refractivity contribution is 0.220. The Morgan fingerprint density at radius 3 is 2.83 bits per heavy atom. The largest absolute Gasteiger partial charge is 0.322 e. The molecule has 0 spiro atoms. The molecule has 0 saturated heterocycles. The number of hydrogen-bond donors (Lipinski definition) is 1. The van der Waals surface area contributed by atoms with E-state index in [1.807, 2.05) is 47.8 Å². The smallest absolute Gasteiger partial charge is 0.321 e. The Hall–Kier alpha value is -2.73. The number of anilines is 1. The van der Waals surface area contributed by atoms with Crippen LogP contribution in [-0.4, -0.2) is 27.9 Å². The first-order valence-corrected chi connectivity index (χ1v) is 8.02. The highest BCUT2D eigenvalue weighted by molar-refractivity contribution is 7.13. The van der Waals surface area contributed by atoms with Crippen molar-refractivity contribution in [2.45, 2.75) is 6.54 Å². The number of urea groups is 1. The monoisotopic (exact) mass is 324 g/mol. The van der Waals surface area contributed by atoms with Crippen LogP contribution >= 0.6 is 11.3 Å². The summed E-state index contributed by atoms with van der Waals surface area (Å²) >= 11 is 1.57. The van der Waals surface area contributed by atoms with E-state index < -0.39 is 0 Å². The molecule has 1 N–H and O–H groups in total. The number of nitrogens with one attached hydrogen (secondary N) is 1. The Kier molecular flexibility index (Phi) is 4.63. The molecule has 3 rings (SSSR count). The van der Waals surface area contributed by atoms with E-state index >= 15 is 0 Å². The van der Waals surface area contributed by atoms with Crippen LogP contribution < -0.4 is 5.32 Å². The van der Waals surface area contributed by atoms with Gasteiger partial charge < -0.3 is 10.2 Å². The summed E-state index contributed by atoms with van der Waals surface area (Å²) in [5, 5.41) is 5.77. The predicted molar refractivity (Wildman–Crippen MR) is 92.3 cm³/mol. The third-order valence-electron chi connectivity index (χ3n) is 3.27. The summed E-state index contributed by atoms with van der Waals surface area (Å²) in [6.45, 7) is 0.457. The third-order valence-corrected chi connectivity index (χ3v) is 4.09. The third kappa shape index (κ3) is 3.92. The molecule has 0 aliphatic carbocycles. The molecular formula is C17H16N4OS. The first-order valence-electron chi connectivity index (χ1n) is 7.14. The van der Waals surface area contributed by atoms with E-state index in [0.717, 1.165) is 22.0 Å². The van der Waals surface area contributed by atoms with Crippen LogP contribution in [0.3, 0.4) is 0 Å². The van der Waals surface area contributed by atoms with Gasteiger partial charge in [0.2, 0.25) is 0 Å². The van der Waals surface area contributed by atoms with Crippen LogP contribution in [-0.2, 0) is 6.54 Å². The van der Waals surface area contributed by atoms with Crippen molar-refractivity contribution in [1.29, 1.82) is 0 Å². The summed E-state index contributed by atoms with van der Waals surface area (Å²) < 4.78 is 0. The number of rotatable bonds is 4. The summed E-state index contributed by atoms with van der Waals surface area (Å²) in [4.78, 5) is 22.4. The van der Waals surface area contributed by atoms with Gasteiger partial charge >= 0.3 is 6.03 Å². The van der Waals surface area contributed by atoms with E-state index in [1.165, 1.54) is 0 Å². The van der Waals surface area contributed by atoms with Gasteiger partial charge in [-0.25, -0.2) is 9.78 Å². The standard InChI is InChI=1S/C17H16N4OS/c1-21(12-15-6-2-3-8-18-15)17(22)20-14-7-4-5-13(11-14)16-19-9-10-23-16/h2-11H,12H2,1H3,(H,20,22). The summed E-state index contributed by atoms with van der Waals surface area (Å²) in [5.74, 6) is 0. The van der Waals surface area contributed by atoms with Crippen molar-refractivity contribution in [3.63, 3.8) is 0 Å². The molecule has 2 aromatic heterocycles. The summed E-state index contributed by atoms with van der Waals surface area (Å²) in [7, 11) is 1.74. The molecule has 0 radical (unpaired) electrons. The fraction of sp³-hybridized carbons (Fsp3) is 0.118. The van der Waals surface area contributed by atoms with Crippen LogP contribution in [0, 0.1) is 0 Å². The minimum absolute atomic E-state index is 0.174. The van der Waals surface area contributed by atoms with Crippen LogP contribution in [0.1, 0.15) is 5.69 Å². The fourth-order valence-corrected chi connectivity index (χ4v) is 2.76. The van der Waals surface area contributed by atoms with Gasteiger partial charge in [0.15, 0.2) is 0 Å². The molecule has 0 saturated carbocycles. The summed E-state index contributed by atoms with van der Waals surface area (Å²) in [5.41, 5.74) is 2.59. The minimum Gasteiger partial charge on any atom is -0.322 e. The average molecular weight is 324 g/mol. The molecule has 0 unspecified atom stereocenters. The van der Waals surface area contributed by atoms with Crippen molar-refractivity contribution in [2.24, 2.45) is 0 Å². The van der Waals surface area contributed by atoms with E-state index in [2.05, 4.69) is 15.3 Å². The van der Waals surface area contributed by atoms with E-state index in [1.54, 1.807) is 35.7 Å². The van der Waals surface area contributed by atoms with Crippen LogP contribution in [0.2, 0.25) is 0 Å². The SMILES string of the molecule is CN(Cc1ccccn1)C(=O)Nc1cccc(-c2nccs2)c1. The van der Waals surface area contributed by atoms with Crippen molar-refractivity contribution < 1.29 is 4.79 Å². The number of amides is 2. The van der Waals surface area contributed by atoms with Crippen LogP contribution in [0.25, 0.3) is 10.6 Å². The number of carbonyl (C=O) groups is 1. The summed E-state index contributed by atoms with van der Waals surface area (Å²) in [6.07, 6.45) is 3.49. The molecule has 2 amide bonds. The number of thiazole rings is 1. The lowest BCUT2D eigenvalue weighted by atomic mass is 10.2. The Labute approximate surface area is 138 Å². The fourth-order valence-electron chi connectivity index (χ4n) is 2.12. The van der Waals surface area contributed by atoms with Gasteiger partial charge in [-0.2, -0.15) is 0 Å². The van der Waals surface area contributed by atoms with Crippen molar-refractivity contribution in [1.82, 2.24) is 14.9 Å². The quantitative estimate of drug-likeness (QED) is 0.792. The molecule has 0 bridgehead atoms. The van der Waals surface area contributed by atoms with Gasteiger partial charge in [-0.3, -0.25) is 4.98 Å². The van der Waals surface area contributed by atoms with Gasteiger partial charge in [0.05, 0.1) is 12.2 Å². The second kappa shape index (κ2) is 7.02. The Morgan fingerprint density at radius 2 is 2.09 bits per heavy atom. The molecule has 0 aliphatic heterocycles. The highest BCUT2D eigenvalue weighted by atomic mass is 32.1. The first kappa shape index (κ1) is 15.2. The number of hydrogen-bond acceptors (Lipinski definition) is 4. The van der Waals surface area contributed by atoms with Gasteiger partial charge in [0, 0.05) is 36.1 Å². The number of benzene rings is 1. The lowest BCUT2D eigenvalue weighted by Gasteiger charge is -2.17. The molecule has 23 heavy (non-hydrogen) atoms. The normalized spacial score (nSPS) is 10.3. The zero-order valence-electron chi connectivity index (χ0n) is 12.6. The van der Waals surface area contributed by atoms with Gasteiger partial charge in [0.25, 0.3) is 0 Å². The maximum Gasteiger partial charge on any atom is 0.321 e. The number of nitrogens with zero attached hydrogens (tertiary/aromatic N) is 3. The van der Waals surface area contributed by atoms with Crippen molar-refractivity contribution in [3.8, 4) is 10.6 Å². The molecule has 6 heteroatoms. The number of carbonyl (C=O) groups excluding carboxylic acids is 1. The molecule has 3 aromatic rings. The zero-order valence-corrected chi connectivity index (χ0v) is 13.5. The zero-order chi connectivity index (χ0) is 16.1. The molecule has 0 fully saturated rings. The Balaban J connectivity index is 1.67. The minimum atomic E-state index is -0.174. The van der Waals surface area contributed by atoms with Crippen LogP contribution in [0.15, 0.2) is 60.2 Å². The van der Waals surface area contributed by atoms with Gasteiger partial charge in [-0.15, -0.1) is 11.3 Å². The highest BCUT2D eigenvalue weighted by Gasteiger charge is 2.10. The lowest BCUT2D eigenvalue weighted by Crippen LogP contribution is -2.31. The molecular weight excluding hydrogens is 308 g/mol. The summed E-state index contributed by atoms with van der Waals surface area (Å²) in [6, 6.07) is 13.2. The average Bonchev–Trinajstić information content (AvgIpc) is 3.10. The molecule has 0 aliphatic rings. The molecule has 5 nitrogen and oxygen atoms in total. The van der Waals surface area contributed by atoms with E-state index in [9.17, 15) is 4.79 Å². The van der Waals surface area contributed by atoms with Gasteiger partial charge in [0.1, 0.15) is 5.01 Å². The van der Waals surface area contributed by atoms with Gasteiger partial charge in [-0.1, -0.05) is 18.2 Å². The Morgan fingerprint density at radius 1 is 1.17 bits per heavy atom. The van der Waals surface area contributed by atoms with Crippen molar-refractivity contribution in [2.75, 3.05) is 12.4 Å². The van der Waals surface area contributed by atoms with E-state index in [-0.39, 0.29) is 6.03 Å². The Bertz CT molecular complexity index is 774. The predicted octanol–water partition coefficient (Wildman–Crippen LogP) is 3.87. The van der Waals surface area contributed by atoms with E-state index in [4.69, 9.17) is 0 Å². The van der Waals surface area contributed by atoms with Crippen LogP contribution in [0.5, 0.6) is 0 Å². The first-order chi connectivity index (χ1) is 11.2. The number of pyridine rings is 1. The van der Waals surface area contributed by atoms with Gasteiger partial charge in [-0.05, 0) is 24.3 Å². The van der Waals surface area contributed by atoms with Crippen LogP contribution in [0.4, 0.5) is 10.5 Å². The van der Waals surface area contributed by atoms with Crippen molar-refractivity contribution >= 4 is 23.1 Å². The maximum atomic E-state index is 12.3.